The Hall–Kier alpha value is -3.42. The van der Waals surface area contributed by atoms with Crippen molar-refractivity contribution < 1.29 is 14.3 Å². The number of halogens is 1. The molecule has 4 aromatic rings. The number of hydrogen-bond acceptors (Lipinski definition) is 4. The summed E-state index contributed by atoms with van der Waals surface area (Å²) in [5, 5.41) is 10.2. The number of aromatic amines is 1. The highest BCUT2D eigenvalue weighted by atomic mass is 19.3. The summed E-state index contributed by atoms with van der Waals surface area (Å²) >= 11 is 0. The molecular weight excluding hydrogens is 301 g/mol. The molecule has 0 bridgehead atoms. The second-order valence-corrected chi connectivity index (χ2v) is 4.94. The van der Waals surface area contributed by atoms with E-state index in [2.05, 4.69) is 25.4 Å². The van der Waals surface area contributed by atoms with Crippen LogP contribution in [0.3, 0.4) is 0 Å². The maximum absolute atomic E-state index is 11.8. The van der Waals surface area contributed by atoms with Crippen molar-refractivity contribution in [1.82, 2.24) is 19.6 Å². The van der Waals surface area contributed by atoms with Gasteiger partial charge in [-0.3, -0.25) is 10.4 Å². The third-order valence-electron chi connectivity index (χ3n) is 3.55. The molecule has 4 rings (SSSR count). The van der Waals surface area contributed by atoms with Crippen LogP contribution in [0.2, 0.25) is 0 Å². The molecule has 0 aliphatic carbocycles. The number of rotatable bonds is 2. The first-order valence-electron chi connectivity index (χ1n) is 6.75. The van der Waals surface area contributed by atoms with Crippen LogP contribution in [0.1, 0.15) is 0 Å². The largest absolute Gasteiger partial charge is 0.450 e. The molecule has 0 saturated carbocycles. The van der Waals surface area contributed by atoms with Gasteiger partial charge in [0.1, 0.15) is 5.65 Å². The number of nitrogens with zero attached hydrogens (tertiary/aromatic N) is 3. The van der Waals surface area contributed by atoms with E-state index < -0.39 is 6.09 Å². The van der Waals surface area contributed by atoms with E-state index in [-0.39, 0.29) is 5.82 Å². The Morgan fingerprint density at radius 2 is 2.17 bits per heavy atom. The maximum atomic E-state index is 11.8. The summed E-state index contributed by atoms with van der Waals surface area (Å²) in [4.78, 5) is 18.1. The Balaban J connectivity index is 1.79. The number of nitrogens with one attached hydrogen (secondary N) is 2. The van der Waals surface area contributed by atoms with Crippen molar-refractivity contribution in [3.8, 4) is 11.1 Å². The number of carbonyl (C=O) groups excluding carboxylic acids is 1. The lowest BCUT2D eigenvalue weighted by molar-refractivity contribution is -0.0544. The molecule has 3 heterocycles. The first-order valence-corrected chi connectivity index (χ1v) is 6.75. The fourth-order valence-electron chi connectivity index (χ4n) is 2.56. The van der Waals surface area contributed by atoms with Gasteiger partial charge < -0.3 is 4.40 Å². The monoisotopic (exact) mass is 311 g/mol. The van der Waals surface area contributed by atoms with E-state index in [1.165, 1.54) is 0 Å². The van der Waals surface area contributed by atoms with Crippen molar-refractivity contribution in [3.63, 3.8) is 0 Å². The molecule has 0 aliphatic rings. The van der Waals surface area contributed by atoms with Gasteiger partial charge in [0.05, 0.1) is 17.9 Å². The highest BCUT2D eigenvalue weighted by Gasteiger charge is 2.10. The number of carbonyl (C=O) groups is 1. The molecular formula is C15H10FN5O2. The van der Waals surface area contributed by atoms with Gasteiger partial charge in [0.25, 0.3) is 0 Å². The van der Waals surface area contributed by atoms with Crippen LogP contribution in [0.4, 0.5) is 15.1 Å². The molecule has 0 radical (unpaired) electrons. The highest BCUT2D eigenvalue weighted by Crippen LogP contribution is 2.28. The molecule has 23 heavy (non-hydrogen) atoms. The fourth-order valence-corrected chi connectivity index (χ4v) is 2.56. The predicted octanol–water partition coefficient (Wildman–Crippen LogP) is 3.31. The van der Waals surface area contributed by atoms with E-state index >= 15 is 0 Å². The standard InChI is InChI=1S/C15H10FN5O2/c16-23-15(22)19-13-8-21-7-9(4-5-14(21)18-13)10-2-1-3-12-11(10)6-17-20-12/h1-8H,(H,17,20)(H,19,22). The van der Waals surface area contributed by atoms with Crippen LogP contribution in [0.5, 0.6) is 0 Å². The minimum atomic E-state index is -1.21. The normalized spacial score (nSPS) is 11.0. The summed E-state index contributed by atoms with van der Waals surface area (Å²) in [6, 6.07) is 9.61. The molecule has 8 heteroatoms. The summed E-state index contributed by atoms with van der Waals surface area (Å²) in [6.45, 7) is 0. The molecule has 0 atom stereocenters. The van der Waals surface area contributed by atoms with Gasteiger partial charge in [-0.1, -0.05) is 12.1 Å². The fraction of sp³-hybridized carbons (Fsp3) is 0. The Bertz CT molecular complexity index is 1020. The Kier molecular flexibility index (Phi) is 2.94. The van der Waals surface area contributed by atoms with E-state index in [0.29, 0.717) is 5.65 Å². The third-order valence-corrected chi connectivity index (χ3v) is 3.55. The van der Waals surface area contributed by atoms with Gasteiger partial charge in [0.15, 0.2) is 5.82 Å². The summed E-state index contributed by atoms with van der Waals surface area (Å²) in [5.41, 5.74) is 3.54. The van der Waals surface area contributed by atoms with E-state index in [4.69, 9.17) is 0 Å². The number of pyridine rings is 1. The Morgan fingerprint density at radius 3 is 3.04 bits per heavy atom. The predicted molar refractivity (Wildman–Crippen MR) is 81.5 cm³/mol. The summed E-state index contributed by atoms with van der Waals surface area (Å²) in [6.07, 6.45) is 4.01. The lowest BCUT2D eigenvalue weighted by atomic mass is 10.0. The molecule has 1 amide bonds. The van der Waals surface area contributed by atoms with Gasteiger partial charge in [-0.2, -0.15) is 5.10 Å². The van der Waals surface area contributed by atoms with Crippen LogP contribution in [-0.2, 0) is 4.94 Å². The van der Waals surface area contributed by atoms with Crippen LogP contribution in [0, 0.1) is 0 Å². The van der Waals surface area contributed by atoms with E-state index in [1.54, 1.807) is 22.9 Å². The van der Waals surface area contributed by atoms with Gasteiger partial charge in [-0.25, -0.2) is 14.7 Å². The first-order chi connectivity index (χ1) is 11.2. The number of aromatic nitrogens is 4. The lowest BCUT2D eigenvalue weighted by Crippen LogP contribution is -2.09. The topological polar surface area (TPSA) is 84.3 Å². The zero-order valence-corrected chi connectivity index (χ0v) is 11.7. The summed E-state index contributed by atoms with van der Waals surface area (Å²) < 4.78 is 13.5. The third kappa shape index (κ3) is 2.26. The van der Waals surface area contributed by atoms with Crippen LogP contribution in [-0.4, -0.2) is 25.7 Å². The first kappa shape index (κ1) is 13.3. The second kappa shape index (κ2) is 5.09. The number of fused-ring (bicyclic) bond motifs is 2. The SMILES string of the molecule is O=C(Nc1cn2cc(-c3cccc4[nH]ncc34)ccc2n1)OF. The number of anilines is 1. The number of imidazole rings is 1. The van der Waals surface area contributed by atoms with Gasteiger partial charge in [-0.05, 0) is 29.3 Å². The van der Waals surface area contributed by atoms with E-state index in [1.807, 2.05) is 30.5 Å². The zero-order valence-electron chi connectivity index (χ0n) is 11.7. The average Bonchev–Trinajstić information content (AvgIpc) is 3.19. The molecule has 0 spiro atoms. The number of H-pyrrole nitrogens is 1. The van der Waals surface area contributed by atoms with Gasteiger partial charge in [-0.15, -0.1) is 0 Å². The quantitative estimate of drug-likeness (QED) is 0.595. The zero-order chi connectivity index (χ0) is 15.8. The molecule has 0 saturated heterocycles. The Morgan fingerprint density at radius 1 is 1.26 bits per heavy atom. The van der Waals surface area contributed by atoms with Gasteiger partial charge in [0.2, 0.25) is 0 Å². The minimum Gasteiger partial charge on any atom is -0.304 e. The van der Waals surface area contributed by atoms with Gasteiger partial charge in [0, 0.05) is 16.1 Å². The Labute approximate surface area is 128 Å². The molecule has 1 aromatic carbocycles. The molecule has 0 aliphatic heterocycles. The molecule has 3 aromatic heterocycles. The van der Waals surface area contributed by atoms with Crippen molar-refractivity contribution in [1.29, 1.82) is 0 Å². The molecule has 0 fully saturated rings. The lowest BCUT2D eigenvalue weighted by Gasteiger charge is -2.04. The van der Waals surface area contributed by atoms with E-state index in [9.17, 15) is 9.32 Å². The van der Waals surface area contributed by atoms with Crippen LogP contribution >= 0.6 is 0 Å². The van der Waals surface area contributed by atoms with Crippen molar-refractivity contribution in [3.05, 3.63) is 48.9 Å². The molecule has 114 valence electrons. The second-order valence-electron chi connectivity index (χ2n) is 4.94. The van der Waals surface area contributed by atoms with Crippen LogP contribution in [0.15, 0.2) is 48.9 Å². The maximum Gasteiger partial charge on any atom is 0.450 e. The number of hydrogen-bond donors (Lipinski definition) is 2. The van der Waals surface area contributed by atoms with Gasteiger partial charge >= 0.3 is 6.09 Å². The van der Waals surface area contributed by atoms with E-state index in [0.717, 1.165) is 22.0 Å². The minimum absolute atomic E-state index is 0.200. The number of benzene rings is 1. The number of amides is 1. The highest BCUT2D eigenvalue weighted by molar-refractivity contribution is 5.94. The average molecular weight is 311 g/mol. The molecule has 7 nitrogen and oxygen atoms in total. The van der Waals surface area contributed by atoms with Crippen molar-refractivity contribution in [2.45, 2.75) is 0 Å². The molecule has 0 unspecified atom stereocenters. The smallest absolute Gasteiger partial charge is 0.304 e. The van der Waals surface area contributed by atoms with Crippen molar-refractivity contribution >= 4 is 28.5 Å². The van der Waals surface area contributed by atoms with Crippen molar-refractivity contribution in [2.24, 2.45) is 0 Å². The summed E-state index contributed by atoms with van der Waals surface area (Å²) in [5.74, 6) is 0.200. The van der Waals surface area contributed by atoms with Crippen LogP contribution < -0.4 is 5.32 Å². The van der Waals surface area contributed by atoms with Crippen molar-refractivity contribution in [2.75, 3.05) is 5.32 Å². The summed E-state index contributed by atoms with van der Waals surface area (Å²) in [7, 11) is 0. The van der Waals surface area contributed by atoms with Crippen LogP contribution in [0.25, 0.3) is 27.7 Å². The molecule has 2 N–H and O–H groups in total.